The largest absolute Gasteiger partial charge is 0.465 e. The third kappa shape index (κ3) is 4.26. The predicted molar refractivity (Wildman–Crippen MR) is 120 cm³/mol. The van der Waals surface area contributed by atoms with E-state index in [2.05, 4.69) is 5.16 Å². The molecule has 3 rings (SSSR count). The van der Waals surface area contributed by atoms with Crippen LogP contribution in [0.15, 0.2) is 51.9 Å². The van der Waals surface area contributed by atoms with E-state index in [9.17, 15) is 13.2 Å². The minimum absolute atomic E-state index is 0.0950. The van der Waals surface area contributed by atoms with Crippen molar-refractivity contribution in [1.29, 1.82) is 0 Å². The Morgan fingerprint density at radius 1 is 1.09 bits per heavy atom. The van der Waals surface area contributed by atoms with Gasteiger partial charge in [0.05, 0.1) is 17.6 Å². The monoisotopic (exact) mass is 458 g/mol. The molecule has 0 fully saturated rings. The molecule has 0 amide bonds. The number of benzene rings is 2. The number of hydrogen-bond acceptors (Lipinski definition) is 7. The Hall–Kier alpha value is -3.17. The first-order chi connectivity index (χ1) is 15.3. The number of carbonyl (C=O) groups is 1. The van der Waals surface area contributed by atoms with E-state index >= 15 is 0 Å². The van der Waals surface area contributed by atoms with Gasteiger partial charge in [0.25, 0.3) is 10.0 Å². The predicted octanol–water partition coefficient (Wildman–Crippen LogP) is 4.11. The van der Waals surface area contributed by atoms with Gasteiger partial charge in [-0.2, -0.15) is 0 Å². The summed E-state index contributed by atoms with van der Waals surface area (Å²) in [5.41, 5.74) is 3.06. The Labute approximate surface area is 187 Å². The molecule has 32 heavy (non-hydrogen) atoms. The van der Waals surface area contributed by atoms with Crippen LogP contribution in [0.4, 0.5) is 5.82 Å². The maximum atomic E-state index is 13.8. The summed E-state index contributed by atoms with van der Waals surface area (Å²) >= 11 is 0. The van der Waals surface area contributed by atoms with Crippen LogP contribution in [0.1, 0.15) is 34.2 Å². The molecule has 1 heterocycles. The van der Waals surface area contributed by atoms with E-state index < -0.39 is 16.0 Å². The summed E-state index contributed by atoms with van der Waals surface area (Å²) in [4.78, 5) is 12.0. The van der Waals surface area contributed by atoms with Crippen molar-refractivity contribution < 1.29 is 27.2 Å². The first-order valence-corrected chi connectivity index (χ1v) is 11.4. The number of methoxy groups -OCH3 is 2. The average molecular weight is 459 g/mol. The van der Waals surface area contributed by atoms with Gasteiger partial charge in [0, 0.05) is 18.2 Å². The zero-order chi connectivity index (χ0) is 23.5. The molecule has 0 unspecified atom stereocenters. The van der Waals surface area contributed by atoms with Crippen molar-refractivity contribution >= 4 is 21.8 Å². The Kier molecular flexibility index (Phi) is 7.00. The van der Waals surface area contributed by atoms with E-state index in [4.69, 9.17) is 14.0 Å². The van der Waals surface area contributed by atoms with Crippen molar-refractivity contribution in [2.24, 2.45) is 0 Å². The van der Waals surface area contributed by atoms with Crippen LogP contribution >= 0.6 is 0 Å². The smallest absolute Gasteiger partial charge is 0.337 e. The fourth-order valence-electron chi connectivity index (χ4n) is 3.43. The highest BCUT2D eigenvalue weighted by molar-refractivity contribution is 7.93. The second kappa shape index (κ2) is 9.54. The summed E-state index contributed by atoms with van der Waals surface area (Å²) in [6.07, 6.45) is 0.595. The number of carbonyl (C=O) groups excluding carboxylic acids is 1. The maximum absolute atomic E-state index is 13.8. The van der Waals surface area contributed by atoms with Gasteiger partial charge in [-0.25, -0.2) is 17.5 Å². The van der Waals surface area contributed by atoms with Gasteiger partial charge in [-0.3, -0.25) is 0 Å². The second-order valence-electron chi connectivity index (χ2n) is 7.17. The molecule has 1 aromatic heterocycles. The van der Waals surface area contributed by atoms with E-state index in [0.29, 0.717) is 34.4 Å². The molecule has 2 aromatic carbocycles. The van der Waals surface area contributed by atoms with Gasteiger partial charge in [0.2, 0.25) is 0 Å². The molecule has 3 aromatic rings. The van der Waals surface area contributed by atoms with Gasteiger partial charge < -0.3 is 14.0 Å². The number of aryl methyl sites for hydroxylation is 2. The van der Waals surface area contributed by atoms with E-state index in [1.54, 1.807) is 56.3 Å². The number of nitrogens with zero attached hydrogens (tertiary/aromatic N) is 2. The van der Waals surface area contributed by atoms with Crippen molar-refractivity contribution in [3.05, 3.63) is 64.9 Å². The highest BCUT2D eigenvalue weighted by atomic mass is 32.2. The van der Waals surface area contributed by atoms with Crippen LogP contribution in [-0.2, 0) is 25.9 Å². The minimum atomic E-state index is -4.07. The molecule has 0 aliphatic carbocycles. The first kappa shape index (κ1) is 23.5. The molecular formula is C23H26N2O6S. The van der Waals surface area contributed by atoms with Crippen molar-refractivity contribution in [1.82, 2.24) is 5.16 Å². The number of esters is 1. The lowest BCUT2D eigenvalue weighted by Gasteiger charge is -2.23. The third-order valence-electron chi connectivity index (χ3n) is 5.27. The molecule has 0 saturated carbocycles. The van der Waals surface area contributed by atoms with Gasteiger partial charge in [0.1, 0.15) is 12.5 Å². The summed E-state index contributed by atoms with van der Waals surface area (Å²) in [5.74, 6) is 0.252. The van der Waals surface area contributed by atoms with Crippen LogP contribution in [0.3, 0.4) is 0 Å². The molecule has 9 heteroatoms. The lowest BCUT2D eigenvalue weighted by Crippen LogP contribution is -2.34. The maximum Gasteiger partial charge on any atom is 0.337 e. The zero-order valence-electron chi connectivity index (χ0n) is 18.7. The minimum Gasteiger partial charge on any atom is -0.465 e. The van der Waals surface area contributed by atoms with Gasteiger partial charge in [-0.15, -0.1) is 0 Å². The van der Waals surface area contributed by atoms with Crippen LogP contribution in [-0.4, -0.2) is 40.5 Å². The third-order valence-corrected chi connectivity index (χ3v) is 7.04. The van der Waals surface area contributed by atoms with Crippen molar-refractivity contribution in [2.45, 2.75) is 32.1 Å². The molecule has 0 atom stereocenters. The molecule has 170 valence electrons. The number of ether oxygens (including phenoxy) is 2. The number of rotatable bonds is 8. The molecule has 0 radical (unpaired) electrons. The highest BCUT2D eigenvalue weighted by Crippen LogP contribution is 2.35. The van der Waals surface area contributed by atoms with Crippen molar-refractivity contribution in [3.63, 3.8) is 0 Å². The highest BCUT2D eigenvalue weighted by Gasteiger charge is 2.32. The quantitative estimate of drug-likeness (QED) is 0.370. The Morgan fingerprint density at radius 2 is 1.81 bits per heavy atom. The number of hydrogen-bond donors (Lipinski definition) is 0. The van der Waals surface area contributed by atoms with E-state index in [1.165, 1.54) is 14.2 Å². The van der Waals surface area contributed by atoms with Crippen LogP contribution in [0, 0.1) is 13.8 Å². The lowest BCUT2D eigenvalue weighted by molar-refractivity contribution is 0.0600. The first-order valence-electron chi connectivity index (χ1n) is 10.0. The molecular weight excluding hydrogens is 432 g/mol. The van der Waals surface area contributed by atoms with Gasteiger partial charge in [-0.1, -0.05) is 36.3 Å². The standard InChI is InChI=1S/C23H26N2O6S/c1-6-17-13-18(23(26)30-5)11-12-19(17)20-9-7-8-10-21(20)32(27,28)25(14-29-4)22-15(2)16(3)31-24-22/h7-13H,6,14H2,1-5H3. The van der Waals surface area contributed by atoms with Gasteiger partial charge >= 0.3 is 5.97 Å². The molecule has 0 aliphatic heterocycles. The molecule has 0 saturated heterocycles. The summed E-state index contributed by atoms with van der Waals surface area (Å²) in [6, 6.07) is 11.8. The molecule has 0 bridgehead atoms. The van der Waals surface area contributed by atoms with Crippen LogP contribution in [0.2, 0.25) is 0 Å². The van der Waals surface area contributed by atoms with Crippen LogP contribution < -0.4 is 4.31 Å². The fourth-order valence-corrected chi connectivity index (χ4v) is 5.01. The van der Waals surface area contributed by atoms with E-state index in [-0.39, 0.29) is 17.4 Å². The summed E-state index contributed by atoms with van der Waals surface area (Å²) in [7, 11) is -1.33. The van der Waals surface area contributed by atoms with Crippen molar-refractivity contribution in [3.8, 4) is 11.1 Å². The van der Waals surface area contributed by atoms with E-state index in [1.807, 2.05) is 6.92 Å². The lowest BCUT2D eigenvalue weighted by atomic mass is 9.96. The second-order valence-corrected chi connectivity index (χ2v) is 9.00. The number of aromatic nitrogens is 1. The van der Waals surface area contributed by atoms with Gasteiger partial charge in [0.15, 0.2) is 5.82 Å². The SMILES string of the molecule is CCc1cc(C(=O)OC)ccc1-c1ccccc1S(=O)(=O)N(COC)c1noc(C)c1C. The molecule has 0 N–H and O–H groups in total. The molecule has 0 aliphatic rings. The molecule has 0 spiro atoms. The topological polar surface area (TPSA) is 98.9 Å². The average Bonchev–Trinajstić information content (AvgIpc) is 3.14. The zero-order valence-corrected chi connectivity index (χ0v) is 19.5. The number of sulfonamides is 1. The molecule has 8 nitrogen and oxygen atoms in total. The Balaban J connectivity index is 2.19. The fraction of sp³-hybridized carbons (Fsp3) is 0.304. The summed E-state index contributed by atoms with van der Waals surface area (Å²) in [5, 5.41) is 3.94. The Bertz CT molecular complexity index is 1230. The summed E-state index contributed by atoms with van der Waals surface area (Å²) in [6.45, 7) is 5.17. The van der Waals surface area contributed by atoms with Crippen molar-refractivity contribution in [2.75, 3.05) is 25.3 Å². The van der Waals surface area contributed by atoms with Crippen LogP contribution in [0.5, 0.6) is 0 Å². The Morgan fingerprint density at radius 3 is 2.41 bits per heavy atom. The van der Waals surface area contributed by atoms with Gasteiger partial charge in [-0.05, 0) is 49.6 Å². The summed E-state index contributed by atoms with van der Waals surface area (Å²) < 4.78 is 43.9. The van der Waals surface area contributed by atoms with E-state index in [0.717, 1.165) is 9.87 Å². The normalized spacial score (nSPS) is 11.4. The number of anilines is 1. The van der Waals surface area contributed by atoms with Crippen LogP contribution in [0.25, 0.3) is 11.1 Å².